The van der Waals surface area contributed by atoms with Crippen molar-refractivity contribution in [1.82, 2.24) is 0 Å². The molecule has 0 aliphatic heterocycles. The molecule has 0 spiro atoms. The van der Waals surface area contributed by atoms with Crippen LogP contribution in [0.25, 0.3) is 0 Å². The van der Waals surface area contributed by atoms with Crippen LogP contribution in [0.5, 0.6) is 0 Å². The van der Waals surface area contributed by atoms with E-state index in [-0.39, 0.29) is 12.4 Å². The SMILES string of the molecule is Cc1cc(N(C)C)c(C)c(C)c1C.Cl. The summed E-state index contributed by atoms with van der Waals surface area (Å²) < 4.78 is 0. The van der Waals surface area contributed by atoms with Crippen molar-refractivity contribution >= 4 is 18.1 Å². The van der Waals surface area contributed by atoms with Crippen LogP contribution in [-0.4, -0.2) is 14.1 Å². The van der Waals surface area contributed by atoms with Crippen molar-refractivity contribution in [3.05, 3.63) is 28.3 Å². The number of hydrogen-bond acceptors (Lipinski definition) is 1. The van der Waals surface area contributed by atoms with Crippen molar-refractivity contribution < 1.29 is 0 Å². The summed E-state index contributed by atoms with van der Waals surface area (Å²) in [4.78, 5) is 2.18. The monoisotopic (exact) mass is 213 g/mol. The molecule has 0 saturated heterocycles. The van der Waals surface area contributed by atoms with Gasteiger partial charge in [0, 0.05) is 19.8 Å². The lowest BCUT2D eigenvalue weighted by atomic mass is 9.97. The second-order valence-electron chi connectivity index (χ2n) is 3.98. The molecular formula is C12H20ClN. The van der Waals surface area contributed by atoms with Gasteiger partial charge in [-0.25, -0.2) is 0 Å². The minimum absolute atomic E-state index is 0. The second-order valence-corrected chi connectivity index (χ2v) is 3.98. The summed E-state index contributed by atoms with van der Waals surface area (Å²) in [6.07, 6.45) is 0. The van der Waals surface area contributed by atoms with Crippen LogP contribution >= 0.6 is 12.4 Å². The van der Waals surface area contributed by atoms with Crippen LogP contribution in [0.2, 0.25) is 0 Å². The summed E-state index contributed by atoms with van der Waals surface area (Å²) >= 11 is 0. The summed E-state index contributed by atoms with van der Waals surface area (Å²) in [5, 5.41) is 0. The lowest BCUT2D eigenvalue weighted by molar-refractivity contribution is 1.09. The van der Waals surface area contributed by atoms with Crippen molar-refractivity contribution in [2.45, 2.75) is 27.7 Å². The third kappa shape index (κ3) is 2.21. The molecule has 0 atom stereocenters. The van der Waals surface area contributed by atoms with Crippen molar-refractivity contribution in [2.75, 3.05) is 19.0 Å². The Morgan fingerprint density at radius 1 is 0.857 bits per heavy atom. The molecule has 0 saturated carbocycles. The van der Waals surface area contributed by atoms with Crippen LogP contribution in [-0.2, 0) is 0 Å². The molecule has 0 radical (unpaired) electrons. The zero-order chi connectivity index (χ0) is 10.2. The molecular weight excluding hydrogens is 194 g/mol. The molecule has 0 amide bonds. The van der Waals surface area contributed by atoms with Gasteiger partial charge < -0.3 is 4.90 Å². The van der Waals surface area contributed by atoms with Crippen molar-refractivity contribution in [3.8, 4) is 0 Å². The smallest absolute Gasteiger partial charge is 0.0396 e. The Hall–Kier alpha value is -0.690. The number of halogens is 1. The van der Waals surface area contributed by atoms with Gasteiger partial charge in [-0.15, -0.1) is 12.4 Å². The van der Waals surface area contributed by atoms with E-state index in [1.807, 2.05) is 0 Å². The molecule has 0 unspecified atom stereocenters. The first-order chi connectivity index (χ1) is 5.95. The number of aryl methyl sites for hydroxylation is 1. The van der Waals surface area contributed by atoms with E-state index < -0.39 is 0 Å². The normalized spacial score (nSPS) is 9.57. The van der Waals surface area contributed by atoms with Crippen LogP contribution in [0.1, 0.15) is 22.3 Å². The Bertz CT molecular complexity index is 330. The fourth-order valence-corrected chi connectivity index (χ4v) is 1.66. The Kier molecular flexibility index (Phi) is 4.47. The van der Waals surface area contributed by atoms with Gasteiger partial charge in [0.25, 0.3) is 0 Å². The Labute approximate surface area is 93.5 Å². The molecule has 1 nitrogen and oxygen atoms in total. The molecule has 2 heteroatoms. The van der Waals surface area contributed by atoms with E-state index >= 15 is 0 Å². The maximum absolute atomic E-state index is 2.26. The van der Waals surface area contributed by atoms with Crippen LogP contribution < -0.4 is 4.90 Å². The van der Waals surface area contributed by atoms with Crippen LogP contribution in [0.3, 0.4) is 0 Å². The lowest BCUT2D eigenvalue weighted by Gasteiger charge is -2.20. The standard InChI is InChI=1S/C12H19N.ClH/c1-8-7-12(13(5)6)11(4)10(3)9(8)2;/h7H,1-6H3;1H. The van der Waals surface area contributed by atoms with E-state index in [2.05, 4.69) is 52.8 Å². The average molecular weight is 214 g/mol. The maximum atomic E-state index is 2.26. The zero-order valence-corrected chi connectivity index (χ0v) is 10.7. The summed E-state index contributed by atoms with van der Waals surface area (Å²) in [6.45, 7) is 8.76. The highest BCUT2D eigenvalue weighted by molar-refractivity contribution is 5.85. The number of hydrogen-bond donors (Lipinski definition) is 0. The first kappa shape index (κ1) is 13.3. The van der Waals surface area contributed by atoms with Crippen LogP contribution in [0, 0.1) is 27.7 Å². The predicted molar refractivity (Wildman–Crippen MR) is 67.0 cm³/mol. The van der Waals surface area contributed by atoms with Crippen molar-refractivity contribution in [1.29, 1.82) is 0 Å². The number of benzene rings is 1. The number of nitrogens with zero attached hydrogens (tertiary/aromatic N) is 1. The van der Waals surface area contributed by atoms with E-state index in [9.17, 15) is 0 Å². The molecule has 1 aromatic carbocycles. The van der Waals surface area contributed by atoms with Crippen molar-refractivity contribution in [2.24, 2.45) is 0 Å². The second kappa shape index (κ2) is 4.70. The van der Waals surface area contributed by atoms with Gasteiger partial charge in [0.2, 0.25) is 0 Å². The summed E-state index contributed by atoms with van der Waals surface area (Å²) in [6, 6.07) is 2.26. The molecule has 0 aromatic heterocycles. The van der Waals surface area contributed by atoms with Crippen molar-refractivity contribution in [3.63, 3.8) is 0 Å². The van der Waals surface area contributed by atoms with E-state index in [4.69, 9.17) is 0 Å². The average Bonchev–Trinajstić information content (AvgIpc) is 2.07. The molecule has 0 fully saturated rings. The first-order valence-electron chi connectivity index (χ1n) is 4.70. The molecule has 0 aliphatic carbocycles. The van der Waals surface area contributed by atoms with E-state index in [0.717, 1.165) is 0 Å². The van der Waals surface area contributed by atoms with Crippen LogP contribution in [0.15, 0.2) is 6.07 Å². The Balaban J connectivity index is 0.00000169. The van der Waals surface area contributed by atoms with E-state index in [0.29, 0.717) is 0 Å². The Morgan fingerprint density at radius 2 is 1.36 bits per heavy atom. The summed E-state index contributed by atoms with van der Waals surface area (Å²) in [7, 11) is 4.19. The highest BCUT2D eigenvalue weighted by Crippen LogP contribution is 2.26. The third-order valence-electron chi connectivity index (χ3n) is 2.94. The fraction of sp³-hybridized carbons (Fsp3) is 0.500. The molecule has 80 valence electrons. The van der Waals surface area contributed by atoms with Gasteiger partial charge in [-0.3, -0.25) is 0 Å². The van der Waals surface area contributed by atoms with E-state index in [1.54, 1.807) is 0 Å². The molecule has 14 heavy (non-hydrogen) atoms. The van der Waals surface area contributed by atoms with Gasteiger partial charge in [0.1, 0.15) is 0 Å². The summed E-state index contributed by atoms with van der Waals surface area (Å²) in [5.74, 6) is 0. The summed E-state index contributed by atoms with van der Waals surface area (Å²) in [5.41, 5.74) is 6.95. The maximum Gasteiger partial charge on any atom is 0.0396 e. The van der Waals surface area contributed by atoms with Gasteiger partial charge in [-0.05, 0) is 56.0 Å². The first-order valence-corrected chi connectivity index (χ1v) is 4.70. The molecule has 1 aromatic rings. The van der Waals surface area contributed by atoms with Crippen LogP contribution in [0.4, 0.5) is 5.69 Å². The Morgan fingerprint density at radius 3 is 1.79 bits per heavy atom. The number of anilines is 1. The largest absolute Gasteiger partial charge is 0.377 e. The molecule has 0 N–H and O–H groups in total. The van der Waals surface area contributed by atoms with Gasteiger partial charge >= 0.3 is 0 Å². The van der Waals surface area contributed by atoms with Gasteiger partial charge in [-0.1, -0.05) is 0 Å². The predicted octanol–water partition coefficient (Wildman–Crippen LogP) is 3.41. The molecule has 0 heterocycles. The fourth-order valence-electron chi connectivity index (χ4n) is 1.66. The third-order valence-corrected chi connectivity index (χ3v) is 2.94. The topological polar surface area (TPSA) is 3.24 Å². The lowest BCUT2D eigenvalue weighted by Crippen LogP contribution is -2.11. The zero-order valence-electron chi connectivity index (χ0n) is 9.93. The molecule has 0 aliphatic rings. The van der Waals surface area contributed by atoms with Gasteiger partial charge in [0.15, 0.2) is 0 Å². The molecule has 1 rings (SSSR count). The van der Waals surface area contributed by atoms with Gasteiger partial charge in [0.05, 0.1) is 0 Å². The molecule has 0 bridgehead atoms. The highest BCUT2D eigenvalue weighted by Gasteiger charge is 2.07. The number of rotatable bonds is 1. The minimum Gasteiger partial charge on any atom is -0.377 e. The minimum atomic E-state index is 0. The highest BCUT2D eigenvalue weighted by atomic mass is 35.5. The quantitative estimate of drug-likeness (QED) is 0.691. The van der Waals surface area contributed by atoms with Gasteiger partial charge in [-0.2, -0.15) is 0 Å². The van der Waals surface area contributed by atoms with E-state index in [1.165, 1.54) is 27.9 Å².